The number of nitrogens with zero attached hydrogens (tertiary/aromatic N) is 6. The molecular weight excluding hydrogens is 1060 g/mol. The highest BCUT2D eigenvalue weighted by atomic mass is 16.5. The summed E-state index contributed by atoms with van der Waals surface area (Å²) in [4.78, 5) is 71.9. The van der Waals surface area contributed by atoms with Crippen molar-refractivity contribution in [2.24, 2.45) is 59.5 Å². The monoisotopic (exact) mass is 1130 g/mol. The number of aliphatic imine (C=N–C) groups is 6. The number of aliphatic hydroxyl groups excluding tert-OH is 3. The lowest BCUT2D eigenvalue weighted by molar-refractivity contribution is -0.144. The van der Waals surface area contributed by atoms with Crippen molar-refractivity contribution in [2.45, 2.75) is 114 Å². The van der Waals surface area contributed by atoms with E-state index in [1.807, 2.05) is 71.1 Å². The first kappa shape index (κ1) is 55.9. The van der Waals surface area contributed by atoms with Crippen molar-refractivity contribution < 1.29 is 43.9 Å². The Morgan fingerprint density at radius 3 is 1.60 bits per heavy atom. The predicted octanol–water partition coefficient (Wildman–Crippen LogP) is 11.0. The summed E-state index contributed by atoms with van der Waals surface area (Å²) in [7, 11) is 2.65. The van der Waals surface area contributed by atoms with Gasteiger partial charge in [-0.15, -0.1) is 0 Å². The zero-order valence-electron chi connectivity index (χ0n) is 49.7. The van der Waals surface area contributed by atoms with Crippen molar-refractivity contribution in [3.05, 3.63) is 183 Å². The van der Waals surface area contributed by atoms with E-state index in [1.54, 1.807) is 0 Å². The number of rotatable bonds is 12. The molecule has 0 saturated carbocycles. The molecule has 0 aromatic carbocycles. The fourth-order valence-corrected chi connectivity index (χ4v) is 14.0. The summed E-state index contributed by atoms with van der Waals surface area (Å²) in [5, 5.41) is 41.8. The third-order valence-corrected chi connectivity index (χ3v) is 19.0. The van der Waals surface area contributed by atoms with Crippen LogP contribution in [-0.2, 0) is 28.6 Å². The molecule has 16 bridgehead atoms. The summed E-state index contributed by atoms with van der Waals surface area (Å²) >= 11 is 0. The number of aliphatic hydroxyl groups is 3. The molecule has 5 atom stereocenters. The second-order valence-electron chi connectivity index (χ2n) is 23.3. The van der Waals surface area contributed by atoms with Gasteiger partial charge in [-0.25, -0.2) is 30.0 Å². The number of methoxy groups -OCH3 is 2. The summed E-state index contributed by atoms with van der Waals surface area (Å²) in [6.45, 7) is 20.0. The molecule has 17 nitrogen and oxygen atoms in total. The molecule has 17 heteroatoms. The predicted molar refractivity (Wildman–Crippen MR) is 323 cm³/mol. The van der Waals surface area contributed by atoms with Crippen LogP contribution >= 0.6 is 0 Å². The van der Waals surface area contributed by atoms with Gasteiger partial charge in [0.2, 0.25) is 0 Å². The van der Waals surface area contributed by atoms with Crippen LogP contribution in [0, 0.1) is 29.6 Å². The van der Waals surface area contributed by atoms with E-state index in [-0.39, 0.29) is 73.6 Å². The Labute approximate surface area is 488 Å². The molecule has 432 valence electrons. The molecule has 10 heterocycles. The largest absolute Gasteiger partial charge is 0.511 e. The van der Waals surface area contributed by atoms with Crippen LogP contribution in [0.5, 0.6) is 0 Å². The number of hydrogen-bond donors (Lipinski definition) is 5. The minimum absolute atomic E-state index is 0.0724. The molecule has 2 aliphatic carbocycles. The van der Waals surface area contributed by atoms with Gasteiger partial charge < -0.3 is 40.2 Å². The molecule has 0 radical (unpaired) electrons. The van der Waals surface area contributed by atoms with Crippen LogP contribution < -0.4 is 10.6 Å². The molecule has 0 spiro atoms. The van der Waals surface area contributed by atoms with E-state index < -0.39 is 17.9 Å². The molecule has 0 aromatic heterocycles. The number of fused-ring (bicyclic) bond motifs is 10. The molecule has 2 fully saturated rings. The van der Waals surface area contributed by atoms with Crippen LogP contribution in [0.15, 0.2) is 213 Å². The van der Waals surface area contributed by atoms with Gasteiger partial charge >= 0.3 is 17.9 Å². The number of esters is 3. The molecule has 84 heavy (non-hydrogen) atoms. The molecule has 10 aliphatic heterocycles. The summed E-state index contributed by atoms with van der Waals surface area (Å²) in [6, 6.07) is 0. The topological polar surface area (TPSA) is 238 Å². The molecule has 5 N–H and O–H groups in total. The van der Waals surface area contributed by atoms with Crippen LogP contribution in [0.2, 0.25) is 0 Å². The van der Waals surface area contributed by atoms with Gasteiger partial charge in [-0.05, 0) is 148 Å². The third-order valence-electron chi connectivity index (χ3n) is 19.0. The van der Waals surface area contributed by atoms with Crippen molar-refractivity contribution in [3.63, 3.8) is 0 Å². The smallest absolute Gasteiger partial charge is 0.321 e. The number of nitrogens with one attached hydrogen (secondary N) is 2. The standard InChI is InChI=1S/C67H70N8O9/c1-13-36-28(3)45-22-53-41(26-76)32(7)43(70-53)20-47-30(5)38(62(72-47)40-19-55(77)58-34(9)49(74-64(40)58)24-51(36)68-45)16-18-57(79)84-27-42-33(8)44-21-48-31(6)39(15-17-56(78)82-11)63(73-48)60-61(67(81)83-12)66(80)59-35(10)50(75-65(59)60)25-52-37(14-2)29(4)46(69-52)23-54(42)71-44/h20-25,30-31,38-39,61,72-73,76-77,80H,13-19,26-27H2,1-12H3/t30-,31-,38-,39-,61?/m0/s1. The third kappa shape index (κ3) is 8.87. The van der Waals surface area contributed by atoms with E-state index in [0.29, 0.717) is 92.9 Å². The lowest BCUT2D eigenvalue weighted by Crippen LogP contribution is -2.25. The molecule has 2 saturated heterocycles. The second-order valence-corrected chi connectivity index (χ2v) is 23.3. The van der Waals surface area contributed by atoms with Gasteiger partial charge in [0.05, 0.1) is 89.3 Å². The zero-order valence-corrected chi connectivity index (χ0v) is 49.7. The van der Waals surface area contributed by atoms with Crippen LogP contribution in [0.4, 0.5) is 0 Å². The lowest BCUT2D eigenvalue weighted by atomic mass is 9.84. The summed E-state index contributed by atoms with van der Waals surface area (Å²) in [6.07, 6.45) is 14.5. The highest BCUT2D eigenvalue weighted by molar-refractivity contribution is 6.25. The maximum Gasteiger partial charge on any atom is 0.321 e. The van der Waals surface area contributed by atoms with Crippen LogP contribution in [0.25, 0.3) is 0 Å². The van der Waals surface area contributed by atoms with Crippen LogP contribution in [0.3, 0.4) is 0 Å². The Kier molecular flexibility index (Phi) is 14.2. The van der Waals surface area contributed by atoms with Crippen molar-refractivity contribution in [1.82, 2.24) is 10.6 Å². The quantitative estimate of drug-likeness (QED) is 0.0910. The molecular formula is C67H70N8O9. The summed E-state index contributed by atoms with van der Waals surface area (Å²) in [5.41, 5.74) is 22.7. The number of ether oxygens (including phenoxy) is 3. The Balaban J connectivity index is 0.888. The zero-order chi connectivity index (χ0) is 59.5. The maximum absolute atomic E-state index is 14.4. The van der Waals surface area contributed by atoms with Gasteiger partial charge in [0.25, 0.3) is 0 Å². The van der Waals surface area contributed by atoms with Crippen molar-refractivity contribution >= 4 is 52.2 Å². The molecule has 12 rings (SSSR count). The first-order valence-electron chi connectivity index (χ1n) is 29.1. The average molecular weight is 1130 g/mol. The number of allylic oxidation sites excluding steroid dienone is 21. The van der Waals surface area contributed by atoms with Crippen molar-refractivity contribution in [1.29, 1.82) is 0 Å². The minimum atomic E-state index is -1.16. The molecule has 0 aromatic rings. The molecule has 1 unspecified atom stereocenters. The van der Waals surface area contributed by atoms with Gasteiger partial charge in [-0.2, -0.15) is 0 Å². The van der Waals surface area contributed by atoms with E-state index in [4.69, 9.17) is 44.2 Å². The Hall–Kier alpha value is -8.57. The lowest BCUT2D eigenvalue weighted by Gasteiger charge is -2.20. The first-order valence-corrected chi connectivity index (χ1v) is 29.1. The van der Waals surface area contributed by atoms with Crippen molar-refractivity contribution in [2.75, 3.05) is 27.4 Å². The van der Waals surface area contributed by atoms with Crippen LogP contribution in [-0.4, -0.2) is 94.9 Å². The van der Waals surface area contributed by atoms with E-state index >= 15 is 0 Å². The van der Waals surface area contributed by atoms with E-state index in [0.717, 1.165) is 102 Å². The van der Waals surface area contributed by atoms with Crippen molar-refractivity contribution in [3.8, 4) is 0 Å². The number of carbonyl (C=O) groups excluding carboxylic acids is 3. The maximum atomic E-state index is 14.4. The van der Waals surface area contributed by atoms with Gasteiger partial charge in [0.1, 0.15) is 24.0 Å². The molecule has 12 aliphatic rings. The Morgan fingerprint density at radius 2 is 1.05 bits per heavy atom. The fourth-order valence-electron chi connectivity index (χ4n) is 14.0. The fraction of sp³-hybridized carbons (Fsp3) is 0.388. The normalized spacial score (nSPS) is 25.8. The average Bonchev–Trinajstić information content (AvgIpc) is 2.68. The van der Waals surface area contributed by atoms with Gasteiger partial charge in [-0.3, -0.25) is 14.4 Å². The SMILES string of the molecule is CCC1=C(C)C2=NC1=CC1=C(C)C3=C(O)CC(=C4NC(=CC5=NC(=C2)C(CO)=C5C)[C@@H](C)[C@@H]4CCC(=O)OCC2=C(C)C4=NC2=CC2=NC(=CC5=C(C)C6=C(O)C(C(=O)OC)C(=C7NC(=C4)[C@@H](C)[C@@H]7CCC(=O)OC)C6=N5)C(CC)=C2C)C3=N1. The first-order chi connectivity index (χ1) is 40.3. The van der Waals surface area contributed by atoms with Crippen LogP contribution in [0.1, 0.15) is 114 Å². The highest BCUT2D eigenvalue weighted by Gasteiger charge is 2.49. The van der Waals surface area contributed by atoms with E-state index in [2.05, 4.69) is 45.3 Å². The Morgan fingerprint density at radius 1 is 0.571 bits per heavy atom. The molecule has 0 amide bonds. The minimum Gasteiger partial charge on any atom is -0.511 e. The highest BCUT2D eigenvalue weighted by Crippen LogP contribution is 2.51. The van der Waals surface area contributed by atoms with E-state index in [1.165, 1.54) is 14.2 Å². The van der Waals surface area contributed by atoms with E-state index in [9.17, 15) is 29.7 Å². The number of hydrogen-bond acceptors (Lipinski definition) is 17. The Bertz CT molecular complexity index is 3950. The van der Waals surface area contributed by atoms with Gasteiger partial charge in [0.15, 0.2) is 0 Å². The summed E-state index contributed by atoms with van der Waals surface area (Å²) < 4.78 is 16.7. The summed E-state index contributed by atoms with van der Waals surface area (Å²) in [5.74, 6) is -3.35. The van der Waals surface area contributed by atoms with Gasteiger partial charge in [-0.1, -0.05) is 27.7 Å². The second kappa shape index (κ2) is 21.2. The number of carbonyl (C=O) groups is 3. The van der Waals surface area contributed by atoms with Gasteiger partial charge in [0, 0.05) is 99.2 Å².